The van der Waals surface area contributed by atoms with Crippen molar-refractivity contribution in [3.8, 4) is 17.0 Å². The van der Waals surface area contributed by atoms with Crippen LogP contribution in [0.1, 0.15) is 54.0 Å². The molecule has 3 aromatic heterocycles. The zero-order valence-electron chi connectivity index (χ0n) is 22.7. The molecule has 0 radical (unpaired) electrons. The summed E-state index contributed by atoms with van der Waals surface area (Å²) in [6.07, 6.45) is 3.08. The Labute approximate surface area is 212 Å². The van der Waals surface area contributed by atoms with E-state index in [1.54, 1.807) is 23.6 Å². The minimum Gasteiger partial charge on any atom is -0.491 e. The molecule has 0 bridgehead atoms. The van der Waals surface area contributed by atoms with Gasteiger partial charge in [-0.25, -0.2) is 9.37 Å². The quantitative estimate of drug-likeness (QED) is 0.228. The van der Waals surface area contributed by atoms with Crippen LogP contribution in [0.4, 0.5) is 14.6 Å². The van der Waals surface area contributed by atoms with Gasteiger partial charge in [0, 0.05) is 17.8 Å². The molecule has 0 saturated carbocycles. The van der Waals surface area contributed by atoms with E-state index in [0.29, 0.717) is 23.6 Å². The Morgan fingerprint density at radius 2 is 1.69 bits per heavy atom. The Morgan fingerprint density at radius 3 is 2.28 bits per heavy atom. The zero-order valence-corrected chi connectivity index (χ0v) is 23.7. The first-order valence-electron chi connectivity index (χ1n) is 12.0. The standard InChI is InChI=1S/C26H38F2N4O3Si/c1-24(2,3)26(7,33)17-15-32-19(16-12-18(27)23(29)31-22(16)28)14-30-21(32)13-20(17)34-10-11-35-36(8,9)25(4,5)6/h12-15,33H,10-11H2,1-9H3,(H2,29,31). The highest BCUT2D eigenvalue weighted by Gasteiger charge is 2.40. The maximum Gasteiger partial charge on any atom is 0.224 e. The Hall–Kier alpha value is -2.56. The number of halogens is 2. The van der Waals surface area contributed by atoms with Gasteiger partial charge in [0.15, 0.2) is 20.0 Å². The highest BCUT2D eigenvalue weighted by atomic mass is 28.4. The van der Waals surface area contributed by atoms with Crippen LogP contribution in [0.3, 0.4) is 0 Å². The topological polar surface area (TPSA) is 94.9 Å². The summed E-state index contributed by atoms with van der Waals surface area (Å²) in [5.41, 5.74) is 4.61. The largest absolute Gasteiger partial charge is 0.491 e. The smallest absolute Gasteiger partial charge is 0.224 e. The molecule has 0 aliphatic carbocycles. The van der Waals surface area contributed by atoms with E-state index in [1.807, 2.05) is 20.8 Å². The molecule has 0 spiro atoms. The van der Waals surface area contributed by atoms with Crippen LogP contribution in [-0.2, 0) is 10.0 Å². The highest BCUT2D eigenvalue weighted by molar-refractivity contribution is 6.74. The monoisotopic (exact) mass is 520 g/mol. The minimum atomic E-state index is -1.94. The molecular formula is C26H38F2N4O3Si. The molecule has 1 unspecified atom stereocenters. The molecule has 36 heavy (non-hydrogen) atoms. The van der Waals surface area contributed by atoms with E-state index in [2.05, 4.69) is 43.8 Å². The maximum absolute atomic E-state index is 14.6. The fourth-order valence-corrected chi connectivity index (χ4v) is 4.44. The summed E-state index contributed by atoms with van der Waals surface area (Å²) in [4.78, 5) is 7.82. The third-order valence-corrected chi connectivity index (χ3v) is 12.0. The third kappa shape index (κ3) is 5.26. The normalized spacial score (nSPS) is 14.8. The van der Waals surface area contributed by atoms with Gasteiger partial charge in [0.1, 0.15) is 18.0 Å². The van der Waals surface area contributed by atoms with Gasteiger partial charge in [-0.3, -0.25) is 4.40 Å². The van der Waals surface area contributed by atoms with Crippen molar-refractivity contribution < 1.29 is 23.1 Å². The number of nitrogens with zero attached hydrogens (tertiary/aromatic N) is 3. The van der Waals surface area contributed by atoms with Gasteiger partial charge in [0.25, 0.3) is 0 Å². The summed E-state index contributed by atoms with van der Waals surface area (Å²) in [7, 11) is -1.94. The van der Waals surface area contributed by atoms with Crippen LogP contribution in [0, 0.1) is 17.2 Å². The zero-order chi connectivity index (χ0) is 27.3. The summed E-state index contributed by atoms with van der Waals surface area (Å²) in [6, 6.07) is 2.68. The molecule has 198 valence electrons. The number of fused-ring (bicyclic) bond motifs is 1. The predicted molar refractivity (Wildman–Crippen MR) is 140 cm³/mol. The molecule has 3 heterocycles. The average molecular weight is 521 g/mol. The van der Waals surface area contributed by atoms with E-state index >= 15 is 0 Å². The molecule has 0 aliphatic heterocycles. The number of rotatable bonds is 7. The van der Waals surface area contributed by atoms with E-state index < -0.39 is 36.9 Å². The number of aromatic nitrogens is 3. The lowest BCUT2D eigenvalue weighted by Gasteiger charge is -2.38. The Morgan fingerprint density at radius 1 is 1.06 bits per heavy atom. The van der Waals surface area contributed by atoms with Crippen molar-refractivity contribution >= 4 is 19.8 Å². The number of hydrogen-bond acceptors (Lipinski definition) is 6. The van der Waals surface area contributed by atoms with Gasteiger partial charge in [-0.2, -0.15) is 9.37 Å². The van der Waals surface area contributed by atoms with Crippen molar-refractivity contribution in [2.24, 2.45) is 5.41 Å². The second kappa shape index (κ2) is 9.39. The minimum absolute atomic E-state index is 0.0743. The lowest BCUT2D eigenvalue weighted by atomic mass is 9.73. The Kier molecular flexibility index (Phi) is 7.31. The van der Waals surface area contributed by atoms with Crippen LogP contribution in [-0.4, -0.2) is 41.0 Å². The van der Waals surface area contributed by atoms with E-state index in [-0.39, 0.29) is 22.9 Å². The fraction of sp³-hybridized carbons (Fsp3) is 0.538. The predicted octanol–water partition coefficient (Wildman–Crippen LogP) is 5.91. The molecule has 0 amide bonds. The molecule has 3 aromatic rings. The number of hydrogen-bond donors (Lipinski definition) is 2. The van der Waals surface area contributed by atoms with E-state index in [1.165, 1.54) is 6.20 Å². The Bertz CT molecular complexity index is 1260. The lowest BCUT2D eigenvalue weighted by molar-refractivity contribution is -0.0493. The van der Waals surface area contributed by atoms with Crippen LogP contribution in [0.15, 0.2) is 24.5 Å². The van der Waals surface area contributed by atoms with Gasteiger partial charge < -0.3 is 20.0 Å². The molecule has 3 rings (SSSR count). The van der Waals surface area contributed by atoms with Crippen molar-refractivity contribution in [3.63, 3.8) is 0 Å². The van der Waals surface area contributed by atoms with E-state index in [4.69, 9.17) is 14.9 Å². The average Bonchev–Trinajstić information content (AvgIpc) is 3.14. The summed E-state index contributed by atoms with van der Waals surface area (Å²) in [6.45, 7) is 19.0. The molecule has 0 saturated heterocycles. The molecule has 10 heteroatoms. The van der Waals surface area contributed by atoms with Crippen LogP contribution >= 0.6 is 0 Å². The number of aliphatic hydroxyl groups is 1. The van der Waals surface area contributed by atoms with Gasteiger partial charge in [0.2, 0.25) is 5.95 Å². The SMILES string of the molecule is CC(C)(C)C(C)(O)c1cn2c(-c3cc(F)c(N)nc3F)cnc2cc1OCCO[Si](C)(C)C(C)(C)C. The second-order valence-corrected chi connectivity index (χ2v) is 16.7. The fourth-order valence-electron chi connectivity index (χ4n) is 3.42. The van der Waals surface area contributed by atoms with Gasteiger partial charge in [-0.05, 0) is 36.5 Å². The van der Waals surface area contributed by atoms with Crippen LogP contribution in [0.25, 0.3) is 16.9 Å². The third-order valence-electron chi connectivity index (χ3n) is 7.44. The number of anilines is 1. The van der Waals surface area contributed by atoms with E-state index in [0.717, 1.165) is 6.07 Å². The van der Waals surface area contributed by atoms with Gasteiger partial charge in [0.05, 0.1) is 29.7 Å². The molecule has 0 fully saturated rings. The first-order chi connectivity index (χ1) is 16.4. The maximum atomic E-state index is 14.6. The van der Waals surface area contributed by atoms with Crippen LogP contribution < -0.4 is 10.5 Å². The van der Waals surface area contributed by atoms with Crippen molar-refractivity contribution in [2.45, 2.75) is 72.2 Å². The van der Waals surface area contributed by atoms with Crippen molar-refractivity contribution in [2.75, 3.05) is 18.9 Å². The van der Waals surface area contributed by atoms with Crippen LogP contribution in [0.5, 0.6) is 5.75 Å². The molecule has 1 atom stereocenters. The molecule has 0 aliphatic rings. The number of nitrogens with two attached hydrogens (primary N) is 1. The van der Waals surface area contributed by atoms with Crippen LogP contribution in [0.2, 0.25) is 18.1 Å². The lowest BCUT2D eigenvalue weighted by Crippen LogP contribution is -2.41. The van der Waals surface area contributed by atoms with Crippen molar-refractivity contribution in [3.05, 3.63) is 41.9 Å². The highest BCUT2D eigenvalue weighted by Crippen LogP contribution is 2.44. The molecule has 3 N–H and O–H groups in total. The number of pyridine rings is 2. The van der Waals surface area contributed by atoms with Gasteiger partial charge >= 0.3 is 0 Å². The number of nitrogen functional groups attached to an aromatic ring is 1. The van der Waals surface area contributed by atoms with Crippen molar-refractivity contribution in [1.29, 1.82) is 0 Å². The summed E-state index contributed by atoms with van der Waals surface area (Å²) >= 11 is 0. The second-order valence-electron chi connectivity index (χ2n) is 11.9. The van der Waals surface area contributed by atoms with E-state index in [9.17, 15) is 13.9 Å². The summed E-state index contributed by atoms with van der Waals surface area (Å²) < 4.78 is 42.7. The Balaban J connectivity index is 2.05. The number of ether oxygens (including phenoxy) is 1. The first kappa shape index (κ1) is 28.0. The van der Waals surface area contributed by atoms with Gasteiger partial charge in [-0.1, -0.05) is 41.5 Å². The summed E-state index contributed by atoms with van der Waals surface area (Å²) in [5.74, 6) is -1.81. The molecule has 7 nitrogen and oxygen atoms in total. The first-order valence-corrected chi connectivity index (χ1v) is 14.9. The molecule has 0 aromatic carbocycles. The van der Waals surface area contributed by atoms with Crippen molar-refractivity contribution in [1.82, 2.24) is 14.4 Å². The molecular weight excluding hydrogens is 482 g/mol. The van der Waals surface area contributed by atoms with Gasteiger partial charge in [-0.15, -0.1) is 0 Å². The number of imidazole rings is 1. The summed E-state index contributed by atoms with van der Waals surface area (Å²) in [5, 5.41) is 11.7.